The SMILES string of the molecule is CSc1ccc(N2C[C@@H]3CN(C(C)=O)[C@H](c4cccc(F)c4)[C@@H]3C2)nc1. The fraction of sp³-hybridized carbons (Fsp3) is 0.400. The van der Waals surface area contributed by atoms with E-state index in [1.165, 1.54) is 6.07 Å². The van der Waals surface area contributed by atoms with Gasteiger partial charge in [-0.15, -0.1) is 11.8 Å². The molecule has 0 bridgehead atoms. The number of aromatic nitrogens is 1. The van der Waals surface area contributed by atoms with Gasteiger partial charge in [-0.2, -0.15) is 0 Å². The van der Waals surface area contributed by atoms with Gasteiger partial charge in [-0.1, -0.05) is 12.1 Å². The minimum Gasteiger partial charge on any atom is -0.356 e. The van der Waals surface area contributed by atoms with Crippen molar-refractivity contribution < 1.29 is 9.18 Å². The number of hydrogen-bond acceptors (Lipinski definition) is 4. The van der Waals surface area contributed by atoms with Crippen molar-refractivity contribution in [1.29, 1.82) is 0 Å². The second kappa shape index (κ2) is 6.91. The van der Waals surface area contributed by atoms with Crippen LogP contribution in [0.2, 0.25) is 0 Å². The molecule has 2 aliphatic rings. The van der Waals surface area contributed by atoms with E-state index in [1.807, 2.05) is 23.4 Å². The molecule has 2 fully saturated rings. The number of pyridine rings is 1. The average Bonchev–Trinajstić information content (AvgIpc) is 3.19. The summed E-state index contributed by atoms with van der Waals surface area (Å²) >= 11 is 1.68. The van der Waals surface area contributed by atoms with Crippen LogP contribution in [0.3, 0.4) is 0 Å². The molecule has 1 aromatic heterocycles. The Labute approximate surface area is 157 Å². The molecule has 1 amide bonds. The first-order valence-corrected chi connectivity index (χ1v) is 10.1. The average molecular weight is 371 g/mol. The standard InChI is InChI=1S/C20H22FN3OS/c1-13(25)24-11-15-10-23(19-7-6-17(26-2)9-22-19)12-18(15)20(24)14-4-3-5-16(21)8-14/h3-9,15,18,20H,10-12H2,1-2H3/t15-,18-,20-/m1/s1. The number of likely N-dealkylation sites (tertiary alicyclic amines) is 1. The summed E-state index contributed by atoms with van der Waals surface area (Å²) in [5.41, 5.74) is 0.889. The number of carbonyl (C=O) groups is 1. The monoisotopic (exact) mass is 371 g/mol. The van der Waals surface area contributed by atoms with Gasteiger partial charge in [-0.05, 0) is 36.1 Å². The molecule has 4 nitrogen and oxygen atoms in total. The highest BCUT2D eigenvalue weighted by molar-refractivity contribution is 7.98. The zero-order valence-electron chi connectivity index (χ0n) is 14.9. The summed E-state index contributed by atoms with van der Waals surface area (Å²) in [7, 11) is 0. The zero-order valence-corrected chi connectivity index (χ0v) is 15.7. The van der Waals surface area contributed by atoms with E-state index >= 15 is 0 Å². The summed E-state index contributed by atoms with van der Waals surface area (Å²) in [4.78, 5) is 22.1. The molecule has 2 aliphatic heterocycles. The van der Waals surface area contributed by atoms with Crippen molar-refractivity contribution in [3.05, 3.63) is 54.0 Å². The van der Waals surface area contributed by atoms with E-state index in [4.69, 9.17) is 0 Å². The van der Waals surface area contributed by atoms with Gasteiger partial charge >= 0.3 is 0 Å². The summed E-state index contributed by atoms with van der Waals surface area (Å²) < 4.78 is 13.8. The maximum atomic E-state index is 13.8. The molecule has 2 saturated heterocycles. The summed E-state index contributed by atoms with van der Waals surface area (Å²) in [5, 5.41) is 0. The van der Waals surface area contributed by atoms with Crippen molar-refractivity contribution in [3.63, 3.8) is 0 Å². The molecule has 0 saturated carbocycles. The van der Waals surface area contributed by atoms with E-state index in [0.717, 1.165) is 35.9 Å². The minimum absolute atomic E-state index is 0.0580. The third kappa shape index (κ3) is 3.07. The van der Waals surface area contributed by atoms with E-state index in [1.54, 1.807) is 30.8 Å². The van der Waals surface area contributed by atoms with Crippen molar-refractivity contribution in [2.24, 2.45) is 11.8 Å². The Morgan fingerprint density at radius 3 is 2.73 bits per heavy atom. The summed E-state index contributed by atoms with van der Waals surface area (Å²) in [6.45, 7) is 4.04. The highest BCUT2D eigenvalue weighted by Gasteiger charge is 2.48. The maximum absolute atomic E-state index is 13.8. The number of halogens is 1. The largest absolute Gasteiger partial charge is 0.356 e. The minimum atomic E-state index is -0.251. The number of nitrogens with zero attached hydrogens (tertiary/aromatic N) is 3. The van der Waals surface area contributed by atoms with Gasteiger partial charge in [-0.25, -0.2) is 9.37 Å². The molecular formula is C20H22FN3OS. The van der Waals surface area contributed by atoms with Crippen molar-refractivity contribution in [2.75, 3.05) is 30.8 Å². The Morgan fingerprint density at radius 2 is 2.08 bits per heavy atom. The lowest BCUT2D eigenvalue weighted by Crippen LogP contribution is -2.34. The number of benzene rings is 1. The lowest BCUT2D eigenvalue weighted by molar-refractivity contribution is -0.130. The second-order valence-corrected chi connectivity index (χ2v) is 7.94. The molecular weight excluding hydrogens is 349 g/mol. The van der Waals surface area contributed by atoms with E-state index in [0.29, 0.717) is 11.8 Å². The summed E-state index contributed by atoms with van der Waals surface area (Å²) in [6.07, 6.45) is 3.94. The van der Waals surface area contributed by atoms with Crippen LogP contribution in [-0.2, 0) is 4.79 Å². The van der Waals surface area contributed by atoms with Crippen LogP contribution in [0.5, 0.6) is 0 Å². The lowest BCUT2D eigenvalue weighted by Gasteiger charge is -2.29. The smallest absolute Gasteiger partial charge is 0.219 e. The van der Waals surface area contributed by atoms with Gasteiger partial charge in [0, 0.05) is 49.5 Å². The molecule has 0 spiro atoms. The number of rotatable bonds is 3. The number of anilines is 1. The third-order valence-electron chi connectivity index (χ3n) is 5.54. The number of thioether (sulfide) groups is 1. The quantitative estimate of drug-likeness (QED) is 0.773. The van der Waals surface area contributed by atoms with Gasteiger partial charge in [0.25, 0.3) is 0 Å². The van der Waals surface area contributed by atoms with Crippen LogP contribution in [0.25, 0.3) is 0 Å². The second-order valence-electron chi connectivity index (χ2n) is 7.06. The first kappa shape index (κ1) is 17.3. The number of fused-ring (bicyclic) bond motifs is 1. The molecule has 0 aliphatic carbocycles. The molecule has 1 aromatic carbocycles. The first-order valence-electron chi connectivity index (χ1n) is 8.84. The topological polar surface area (TPSA) is 36.4 Å². The number of carbonyl (C=O) groups excluding carboxylic acids is 1. The summed E-state index contributed by atoms with van der Waals surface area (Å²) in [5.74, 6) is 1.46. The van der Waals surface area contributed by atoms with Crippen LogP contribution in [0.1, 0.15) is 18.5 Å². The highest BCUT2D eigenvalue weighted by atomic mass is 32.2. The van der Waals surface area contributed by atoms with Crippen molar-refractivity contribution in [1.82, 2.24) is 9.88 Å². The van der Waals surface area contributed by atoms with Gasteiger partial charge in [0.15, 0.2) is 0 Å². The number of amides is 1. The van der Waals surface area contributed by atoms with Crippen molar-refractivity contribution in [2.45, 2.75) is 17.9 Å². The Bertz CT molecular complexity index is 813. The van der Waals surface area contributed by atoms with Gasteiger partial charge in [-0.3, -0.25) is 4.79 Å². The third-order valence-corrected chi connectivity index (χ3v) is 6.25. The van der Waals surface area contributed by atoms with Crippen molar-refractivity contribution >= 4 is 23.5 Å². The van der Waals surface area contributed by atoms with Crippen LogP contribution in [0, 0.1) is 17.7 Å². The van der Waals surface area contributed by atoms with Crippen LogP contribution in [0.15, 0.2) is 47.5 Å². The highest BCUT2D eigenvalue weighted by Crippen LogP contribution is 2.45. The fourth-order valence-electron chi connectivity index (χ4n) is 4.35. The van der Waals surface area contributed by atoms with E-state index in [-0.39, 0.29) is 17.8 Å². The molecule has 3 atom stereocenters. The normalized spacial score (nSPS) is 24.8. The summed E-state index contributed by atoms with van der Waals surface area (Å²) in [6, 6.07) is 10.8. The van der Waals surface area contributed by atoms with E-state index < -0.39 is 0 Å². The van der Waals surface area contributed by atoms with Gasteiger partial charge < -0.3 is 9.80 Å². The van der Waals surface area contributed by atoms with Gasteiger partial charge in [0.1, 0.15) is 11.6 Å². The predicted molar refractivity (Wildman–Crippen MR) is 102 cm³/mol. The van der Waals surface area contributed by atoms with Gasteiger partial charge in [0.2, 0.25) is 5.91 Å². The molecule has 0 radical (unpaired) electrons. The molecule has 2 aromatic rings. The molecule has 136 valence electrons. The van der Waals surface area contributed by atoms with Crippen LogP contribution in [0.4, 0.5) is 10.2 Å². The van der Waals surface area contributed by atoms with Gasteiger partial charge in [0.05, 0.1) is 6.04 Å². The molecule has 6 heteroatoms. The molecule has 3 heterocycles. The first-order chi connectivity index (χ1) is 12.6. The molecule has 0 unspecified atom stereocenters. The fourth-order valence-corrected chi connectivity index (χ4v) is 4.72. The van der Waals surface area contributed by atoms with Crippen LogP contribution < -0.4 is 4.90 Å². The maximum Gasteiger partial charge on any atom is 0.219 e. The number of hydrogen-bond donors (Lipinski definition) is 0. The van der Waals surface area contributed by atoms with E-state index in [2.05, 4.69) is 22.0 Å². The Balaban J connectivity index is 1.60. The van der Waals surface area contributed by atoms with E-state index in [9.17, 15) is 9.18 Å². The predicted octanol–water partition coefficient (Wildman–Crippen LogP) is 3.60. The lowest BCUT2D eigenvalue weighted by atomic mass is 9.89. The molecule has 4 rings (SSSR count). The Hall–Kier alpha value is -2.08. The van der Waals surface area contributed by atoms with Crippen molar-refractivity contribution in [3.8, 4) is 0 Å². The molecule has 0 N–H and O–H groups in total. The zero-order chi connectivity index (χ0) is 18.3. The van der Waals surface area contributed by atoms with Crippen LogP contribution >= 0.6 is 11.8 Å². The Kier molecular flexibility index (Phi) is 4.61. The van der Waals surface area contributed by atoms with Crippen LogP contribution in [-0.4, -0.2) is 41.7 Å². The molecule has 26 heavy (non-hydrogen) atoms. The Morgan fingerprint density at radius 1 is 1.23 bits per heavy atom.